The lowest BCUT2D eigenvalue weighted by atomic mass is 10.1. The number of urea groups is 1. The van der Waals surface area contributed by atoms with Crippen LogP contribution in [-0.4, -0.2) is 42.5 Å². The molecule has 0 aromatic rings. The number of carbonyl (C=O) groups is 2. The van der Waals surface area contributed by atoms with E-state index in [1.165, 1.54) is 0 Å². The van der Waals surface area contributed by atoms with Crippen LogP contribution in [-0.2, 0) is 4.79 Å². The summed E-state index contributed by atoms with van der Waals surface area (Å²) in [4.78, 5) is 22.9. The summed E-state index contributed by atoms with van der Waals surface area (Å²) in [6, 6.07) is -0.114. The Morgan fingerprint density at radius 2 is 1.86 bits per heavy atom. The van der Waals surface area contributed by atoms with Crippen LogP contribution in [0.4, 0.5) is 4.79 Å². The second-order valence-electron chi connectivity index (χ2n) is 3.45. The van der Waals surface area contributed by atoms with Crippen molar-refractivity contribution in [2.75, 3.05) is 19.6 Å². The van der Waals surface area contributed by atoms with Gasteiger partial charge >= 0.3 is 6.03 Å². The van der Waals surface area contributed by atoms with Crippen LogP contribution >= 0.6 is 0 Å². The summed E-state index contributed by atoms with van der Waals surface area (Å²) >= 11 is 0. The van der Waals surface area contributed by atoms with Gasteiger partial charge in [0.25, 0.3) is 0 Å². The molecule has 14 heavy (non-hydrogen) atoms. The molecule has 0 atom stereocenters. The van der Waals surface area contributed by atoms with Crippen molar-refractivity contribution >= 4 is 11.9 Å². The maximum atomic E-state index is 10.8. The molecule has 0 aromatic heterocycles. The predicted molar refractivity (Wildman–Crippen MR) is 51.4 cm³/mol. The van der Waals surface area contributed by atoms with Crippen molar-refractivity contribution in [3.63, 3.8) is 0 Å². The number of nitrogens with one attached hydrogen (secondary N) is 1. The number of amides is 3. The van der Waals surface area contributed by atoms with E-state index >= 15 is 0 Å². The lowest BCUT2D eigenvalue weighted by Crippen LogP contribution is -2.48. The molecule has 1 heterocycles. The molecule has 6 heteroatoms. The molecule has 1 aliphatic rings. The van der Waals surface area contributed by atoms with Crippen molar-refractivity contribution < 1.29 is 9.59 Å². The minimum atomic E-state index is -0.377. The Kier molecular flexibility index (Phi) is 3.70. The molecule has 1 fully saturated rings. The van der Waals surface area contributed by atoms with E-state index in [1.807, 2.05) is 0 Å². The van der Waals surface area contributed by atoms with Gasteiger partial charge in [-0.15, -0.1) is 0 Å². The zero-order chi connectivity index (χ0) is 10.6. The first-order chi connectivity index (χ1) is 6.59. The third kappa shape index (κ3) is 3.21. The van der Waals surface area contributed by atoms with Gasteiger partial charge in [-0.3, -0.25) is 4.79 Å². The molecule has 0 unspecified atom stereocenters. The highest BCUT2D eigenvalue weighted by molar-refractivity contribution is 5.76. The Morgan fingerprint density at radius 3 is 2.29 bits per heavy atom. The first-order valence-corrected chi connectivity index (χ1v) is 4.65. The number of nitrogens with zero attached hydrogens (tertiary/aromatic N) is 1. The zero-order valence-corrected chi connectivity index (χ0v) is 8.03. The van der Waals surface area contributed by atoms with Crippen LogP contribution in [0.15, 0.2) is 0 Å². The van der Waals surface area contributed by atoms with Crippen LogP contribution in [0, 0.1) is 0 Å². The first-order valence-electron chi connectivity index (χ1n) is 4.65. The molecular formula is C8H16N4O2. The van der Waals surface area contributed by atoms with E-state index in [1.54, 1.807) is 4.90 Å². The molecular weight excluding hydrogens is 184 g/mol. The number of rotatable bonds is 3. The van der Waals surface area contributed by atoms with Gasteiger partial charge in [-0.1, -0.05) is 0 Å². The fourth-order valence-electron chi connectivity index (χ4n) is 1.55. The van der Waals surface area contributed by atoms with Crippen molar-refractivity contribution in [1.29, 1.82) is 0 Å². The Morgan fingerprint density at radius 1 is 1.29 bits per heavy atom. The van der Waals surface area contributed by atoms with Crippen LogP contribution in [0.2, 0.25) is 0 Å². The minimum absolute atomic E-state index is 0.196. The normalized spacial score (nSPS) is 18.1. The second kappa shape index (κ2) is 4.80. The third-order valence-electron chi connectivity index (χ3n) is 2.37. The average molecular weight is 200 g/mol. The molecule has 6 nitrogen and oxygen atoms in total. The summed E-state index contributed by atoms with van der Waals surface area (Å²) in [5, 5.41) is 3.03. The molecule has 0 bridgehead atoms. The van der Waals surface area contributed by atoms with Gasteiger partial charge in [0.15, 0.2) is 0 Å². The molecule has 80 valence electrons. The number of hydrogen-bond donors (Lipinski definition) is 3. The molecule has 1 rings (SSSR count). The second-order valence-corrected chi connectivity index (χ2v) is 3.45. The lowest BCUT2D eigenvalue weighted by molar-refractivity contribution is -0.117. The fraction of sp³-hybridized carbons (Fsp3) is 0.750. The highest BCUT2D eigenvalue weighted by atomic mass is 16.2. The fourth-order valence-corrected chi connectivity index (χ4v) is 1.55. The molecule has 0 radical (unpaired) electrons. The first kappa shape index (κ1) is 10.8. The van der Waals surface area contributed by atoms with E-state index in [0.717, 1.165) is 12.8 Å². The van der Waals surface area contributed by atoms with Gasteiger partial charge in [-0.05, 0) is 12.8 Å². The van der Waals surface area contributed by atoms with Crippen LogP contribution < -0.4 is 16.8 Å². The number of piperidine rings is 1. The van der Waals surface area contributed by atoms with Gasteiger partial charge in [0.2, 0.25) is 5.91 Å². The molecule has 1 saturated heterocycles. The quantitative estimate of drug-likeness (QED) is 0.522. The van der Waals surface area contributed by atoms with Gasteiger partial charge in [-0.2, -0.15) is 0 Å². The van der Waals surface area contributed by atoms with E-state index in [9.17, 15) is 9.59 Å². The SMILES string of the molecule is NC(=O)CNC1CCN(C(N)=O)CC1. The van der Waals surface area contributed by atoms with Crippen LogP contribution in [0.25, 0.3) is 0 Å². The van der Waals surface area contributed by atoms with Gasteiger partial charge in [0.05, 0.1) is 6.54 Å². The average Bonchev–Trinajstić information content (AvgIpc) is 2.15. The highest BCUT2D eigenvalue weighted by Gasteiger charge is 2.20. The van der Waals surface area contributed by atoms with E-state index in [0.29, 0.717) is 13.1 Å². The summed E-state index contributed by atoms with van der Waals surface area (Å²) in [6.45, 7) is 1.48. The molecule has 0 aromatic carbocycles. The Labute approximate surface area is 82.6 Å². The summed E-state index contributed by atoms with van der Waals surface area (Å²) in [7, 11) is 0. The van der Waals surface area contributed by atoms with Gasteiger partial charge in [0, 0.05) is 19.1 Å². The topological polar surface area (TPSA) is 101 Å². The summed E-state index contributed by atoms with van der Waals surface area (Å²) in [6.07, 6.45) is 1.63. The monoisotopic (exact) mass is 200 g/mol. The Bertz CT molecular complexity index is 223. The van der Waals surface area contributed by atoms with E-state index in [2.05, 4.69) is 5.32 Å². The summed E-state index contributed by atoms with van der Waals surface area (Å²) < 4.78 is 0. The largest absolute Gasteiger partial charge is 0.369 e. The van der Waals surface area contributed by atoms with Crippen LogP contribution in [0.5, 0.6) is 0 Å². The Balaban J connectivity index is 2.22. The predicted octanol–water partition coefficient (Wildman–Crippen LogP) is -1.40. The van der Waals surface area contributed by atoms with E-state index in [-0.39, 0.29) is 24.5 Å². The molecule has 1 aliphatic heterocycles. The van der Waals surface area contributed by atoms with E-state index in [4.69, 9.17) is 11.5 Å². The number of likely N-dealkylation sites (tertiary alicyclic amines) is 1. The molecule has 0 spiro atoms. The van der Waals surface area contributed by atoms with Crippen molar-refractivity contribution in [2.45, 2.75) is 18.9 Å². The number of nitrogens with two attached hydrogens (primary N) is 2. The van der Waals surface area contributed by atoms with Gasteiger partial charge < -0.3 is 21.7 Å². The summed E-state index contributed by atoms with van der Waals surface area (Å²) in [5.41, 5.74) is 10.1. The van der Waals surface area contributed by atoms with Crippen molar-refractivity contribution in [2.24, 2.45) is 11.5 Å². The standard InChI is InChI=1S/C8H16N4O2/c9-7(13)5-11-6-1-3-12(4-2-6)8(10)14/h6,11H,1-5H2,(H2,9,13)(H2,10,14). The maximum Gasteiger partial charge on any atom is 0.314 e. The molecule has 3 amide bonds. The van der Waals surface area contributed by atoms with Crippen LogP contribution in [0.3, 0.4) is 0 Å². The Hall–Kier alpha value is -1.30. The summed E-state index contributed by atoms with van der Waals surface area (Å²) in [5.74, 6) is -0.359. The van der Waals surface area contributed by atoms with Crippen LogP contribution in [0.1, 0.15) is 12.8 Å². The molecule has 0 aliphatic carbocycles. The minimum Gasteiger partial charge on any atom is -0.369 e. The van der Waals surface area contributed by atoms with Crippen molar-refractivity contribution in [1.82, 2.24) is 10.2 Å². The van der Waals surface area contributed by atoms with Gasteiger partial charge in [-0.25, -0.2) is 4.79 Å². The van der Waals surface area contributed by atoms with Crippen molar-refractivity contribution in [3.05, 3.63) is 0 Å². The highest BCUT2D eigenvalue weighted by Crippen LogP contribution is 2.09. The third-order valence-corrected chi connectivity index (χ3v) is 2.37. The smallest absolute Gasteiger partial charge is 0.314 e. The lowest BCUT2D eigenvalue weighted by Gasteiger charge is -2.30. The number of hydrogen-bond acceptors (Lipinski definition) is 3. The van der Waals surface area contributed by atoms with Gasteiger partial charge in [0.1, 0.15) is 0 Å². The van der Waals surface area contributed by atoms with Crippen molar-refractivity contribution in [3.8, 4) is 0 Å². The maximum absolute atomic E-state index is 10.8. The number of carbonyl (C=O) groups excluding carboxylic acids is 2. The van der Waals surface area contributed by atoms with E-state index < -0.39 is 0 Å². The number of primary amides is 2. The zero-order valence-electron chi connectivity index (χ0n) is 8.03. The molecule has 5 N–H and O–H groups in total. The molecule has 0 saturated carbocycles.